The molecular formula is C18H23NO4. The smallest absolute Gasteiger partial charge is 0.407 e. The van der Waals surface area contributed by atoms with Crippen molar-refractivity contribution < 1.29 is 19.1 Å². The lowest BCUT2D eigenvalue weighted by Crippen LogP contribution is -2.32. The van der Waals surface area contributed by atoms with Gasteiger partial charge in [-0.15, -0.1) is 0 Å². The first-order valence-corrected chi connectivity index (χ1v) is 7.29. The fraction of sp³-hybridized carbons (Fsp3) is 0.333. The van der Waals surface area contributed by atoms with Crippen LogP contribution in [0, 0.1) is 0 Å². The summed E-state index contributed by atoms with van der Waals surface area (Å²) in [4.78, 5) is 22.7. The molecule has 0 saturated heterocycles. The molecule has 0 atom stereocenters. The van der Waals surface area contributed by atoms with Crippen LogP contribution in [0.4, 0.5) is 4.79 Å². The number of amides is 1. The van der Waals surface area contributed by atoms with Gasteiger partial charge in [0.05, 0.1) is 7.11 Å². The molecule has 0 fully saturated rings. The Morgan fingerprint density at radius 1 is 1.17 bits per heavy atom. The van der Waals surface area contributed by atoms with Crippen LogP contribution in [0.2, 0.25) is 0 Å². The van der Waals surface area contributed by atoms with Crippen LogP contribution in [0.5, 0.6) is 0 Å². The molecule has 0 spiro atoms. The number of carbonyl (C=O) groups is 2. The maximum atomic E-state index is 11.7. The van der Waals surface area contributed by atoms with E-state index in [-0.39, 0.29) is 0 Å². The SMILES string of the molecule is COC(=O)C=CC=Cc1ccccc1CNC(=O)OC(C)(C)C. The van der Waals surface area contributed by atoms with Crippen LogP contribution in [0.25, 0.3) is 6.08 Å². The number of esters is 1. The topological polar surface area (TPSA) is 64.6 Å². The number of ether oxygens (including phenoxy) is 2. The van der Waals surface area contributed by atoms with Crippen molar-refractivity contribution in [2.45, 2.75) is 32.9 Å². The third kappa shape index (κ3) is 7.85. The van der Waals surface area contributed by atoms with Crippen molar-refractivity contribution in [2.24, 2.45) is 0 Å². The average molecular weight is 317 g/mol. The summed E-state index contributed by atoms with van der Waals surface area (Å²) in [5, 5.41) is 2.73. The molecule has 0 aliphatic carbocycles. The molecule has 1 amide bonds. The van der Waals surface area contributed by atoms with Crippen molar-refractivity contribution in [2.75, 3.05) is 7.11 Å². The number of hydrogen-bond acceptors (Lipinski definition) is 4. The molecule has 124 valence electrons. The first-order chi connectivity index (χ1) is 10.8. The summed E-state index contributed by atoms with van der Waals surface area (Å²) >= 11 is 0. The number of carbonyl (C=O) groups excluding carboxylic acids is 2. The molecule has 0 aliphatic rings. The quantitative estimate of drug-likeness (QED) is 0.513. The highest BCUT2D eigenvalue weighted by molar-refractivity contribution is 5.82. The van der Waals surface area contributed by atoms with Crippen LogP contribution in [0.3, 0.4) is 0 Å². The largest absolute Gasteiger partial charge is 0.466 e. The Morgan fingerprint density at radius 3 is 2.52 bits per heavy atom. The number of nitrogens with one attached hydrogen (secondary N) is 1. The molecule has 1 aromatic rings. The van der Waals surface area contributed by atoms with Gasteiger partial charge in [-0.25, -0.2) is 9.59 Å². The van der Waals surface area contributed by atoms with Gasteiger partial charge in [0, 0.05) is 12.6 Å². The van der Waals surface area contributed by atoms with E-state index in [0.717, 1.165) is 11.1 Å². The fourth-order valence-electron chi connectivity index (χ4n) is 1.70. The van der Waals surface area contributed by atoms with Gasteiger partial charge in [0.25, 0.3) is 0 Å². The van der Waals surface area contributed by atoms with Crippen molar-refractivity contribution in [3.63, 3.8) is 0 Å². The second-order valence-electron chi connectivity index (χ2n) is 5.80. The highest BCUT2D eigenvalue weighted by Crippen LogP contribution is 2.12. The van der Waals surface area contributed by atoms with Gasteiger partial charge < -0.3 is 14.8 Å². The zero-order valence-corrected chi connectivity index (χ0v) is 14.0. The number of benzene rings is 1. The lowest BCUT2D eigenvalue weighted by Gasteiger charge is -2.19. The fourth-order valence-corrected chi connectivity index (χ4v) is 1.70. The number of allylic oxidation sites excluding steroid dienone is 2. The maximum absolute atomic E-state index is 11.7. The van der Waals surface area contributed by atoms with E-state index in [1.54, 1.807) is 12.2 Å². The summed E-state index contributed by atoms with van der Waals surface area (Å²) in [6.07, 6.45) is 6.07. The number of alkyl carbamates (subject to hydrolysis) is 1. The van der Waals surface area contributed by atoms with Gasteiger partial charge in [0.15, 0.2) is 0 Å². The zero-order chi connectivity index (χ0) is 17.3. The Morgan fingerprint density at radius 2 is 1.87 bits per heavy atom. The molecule has 0 aliphatic heterocycles. The monoisotopic (exact) mass is 317 g/mol. The molecule has 0 aromatic heterocycles. The maximum Gasteiger partial charge on any atom is 0.407 e. The Labute approximate surface area is 137 Å². The molecule has 1 N–H and O–H groups in total. The molecule has 0 heterocycles. The molecule has 5 heteroatoms. The van der Waals surface area contributed by atoms with E-state index in [0.29, 0.717) is 6.54 Å². The average Bonchev–Trinajstić information content (AvgIpc) is 2.48. The van der Waals surface area contributed by atoms with E-state index in [9.17, 15) is 9.59 Å². The first kappa shape index (κ1) is 18.5. The molecule has 0 radical (unpaired) electrons. The third-order valence-electron chi connectivity index (χ3n) is 2.70. The van der Waals surface area contributed by atoms with Crippen molar-refractivity contribution in [1.82, 2.24) is 5.32 Å². The lowest BCUT2D eigenvalue weighted by atomic mass is 10.1. The summed E-state index contributed by atoms with van der Waals surface area (Å²) in [7, 11) is 1.33. The second-order valence-corrected chi connectivity index (χ2v) is 5.80. The van der Waals surface area contributed by atoms with Crippen molar-refractivity contribution >= 4 is 18.1 Å². The standard InChI is InChI=1S/C18H23NO4/c1-18(2,3)23-17(21)19-13-15-11-6-5-9-14(15)10-7-8-12-16(20)22-4/h5-12H,13H2,1-4H3,(H,19,21). The van der Waals surface area contributed by atoms with Gasteiger partial charge in [0.1, 0.15) is 5.60 Å². The molecule has 0 bridgehead atoms. The van der Waals surface area contributed by atoms with E-state index in [1.807, 2.05) is 51.1 Å². The normalized spacial score (nSPS) is 11.7. The van der Waals surface area contributed by atoms with Crippen molar-refractivity contribution in [1.29, 1.82) is 0 Å². The second kappa shape index (κ2) is 8.78. The molecular weight excluding hydrogens is 294 g/mol. The van der Waals surface area contributed by atoms with Crippen LogP contribution in [-0.4, -0.2) is 24.8 Å². The molecule has 23 heavy (non-hydrogen) atoms. The minimum absolute atomic E-state index is 0.357. The molecule has 1 rings (SSSR count). The summed E-state index contributed by atoms with van der Waals surface area (Å²) in [5.74, 6) is -0.408. The van der Waals surface area contributed by atoms with E-state index in [4.69, 9.17) is 4.74 Å². The first-order valence-electron chi connectivity index (χ1n) is 7.29. The summed E-state index contributed by atoms with van der Waals surface area (Å²) in [6, 6.07) is 7.64. The summed E-state index contributed by atoms with van der Waals surface area (Å²) < 4.78 is 9.72. The molecule has 0 saturated carbocycles. The minimum Gasteiger partial charge on any atom is -0.466 e. The molecule has 0 unspecified atom stereocenters. The van der Waals surface area contributed by atoms with E-state index >= 15 is 0 Å². The highest BCUT2D eigenvalue weighted by atomic mass is 16.6. The Balaban J connectivity index is 2.67. The predicted molar refractivity (Wildman–Crippen MR) is 89.7 cm³/mol. The van der Waals surface area contributed by atoms with Gasteiger partial charge in [0.2, 0.25) is 0 Å². The Kier molecular flexibility index (Phi) is 7.06. The van der Waals surface area contributed by atoms with Crippen molar-refractivity contribution in [3.8, 4) is 0 Å². The van der Waals surface area contributed by atoms with E-state index in [1.165, 1.54) is 13.2 Å². The highest BCUT2D eigenvalue weighted by Gasteiger charge is 2.15. The van der Waals surface area contributed by atoms with Gasteiger partial charge in [-0.05, 0) is 31.9 Å². The van der Waals surface area contributed by atoms with Crippen molar-refractivity contribution in [3.05, 3.63) is 53.6 Å². The van der Waals surface area contributed by atoms with Crippen LogP contribution >= 0.6 is 0 Å². The Bertz CT molecular complexity index is 597. The van der Waals surface area contributed by atoms with Crippen LogP contribution in [0.15, 0.2) is 42.5 Å². The third-order valence-corrected chi connectivity index (χ3v) is 2.70. The number of rotatable bonds is 5. The van der Waals surface area contributed by atoms with E-state index in [2.05, 4.69) is 10.1 Å². The summed E-state index contributed by atoms with van der Waals surface area (Å²) in [5.41, 5.74) is 1.36. The lowest BCUT2D eigenvalue weighted by molar-refractivity contribution is -0.134. The Hall–Kier alpha value is -2.56. The van der Waals surface area contributed by atoms with Crippen LogP contribution < -0.4 is 5.32 Å². The molecule has 1 aromatic carbocycles. The van der Waals surface area contributed by atoms with Crippen LogP contribution in [-0.2, 0) is 20.8 Å². The van der Waals surface area contributed by atoms with Gasteiger partial charge in [-0.3, -0.25) is 0 Å². The minimum atomic E-state index is -0.526. The zero-order valence-electron chi connectivity index (χ0n) is 14.0. The van der Waals surface area contributed by atoms with Crippen LogP contribution in [0.1, 0.15) is 31.9 Å². The number of hydrogen-bond donors (Lipinski definition) is 1. The number of methoxy groups -OCH3 is 1. The summed E-state index contributed by atoms with van der Waals surface area (Å²) in [6.45, 7) is 5.81. The molecule has 5 nitrogen and oxygen atoms in total. The van der Waals surface area contributed by atoms with E-state index < -0.39 is 17.7 Å². The van der Waals surface area contributed by atoms with Gasteiger partial charge >= 0.3 is 12.1 Å². The van der Waals surface area contributed by atoms with Gasteiger partial charge in [-0.2, -0.15) is 0 Å². The van der Waals surface area contributed by atoms with Gasteiger partial charge in [-0.1, -0.05) is 42.5 Å². The predicted octanol–water partition coefficient (Wildman–Crippen LogP) is 3.45.